The number of hydrogen-bond donors (Lipinski definition) is 3. The fourth-order valence-electron chi connectivity index (χ4n) is 3.71. The second-order valence-corrected chi connectivity index (χ2v) is 9.09. The van der Waals surface area contributed by atoms with Crippen LogP contribution in [0.4, 0.5) is 10.5 Å². The van der Waals surface area contributed by atoms with Crippen LogP contribution in [0.25, 0.3) is 0 Å². The number of aliphatic hydroxyl groups is 1. The van der Waals surface area contributed by atoms with E-state index >= 15 is 0 Å². The van der Waals surface area contributed by atoms with Crippen LogP contribution >= 0.6 is 11.8 Å². The number of ether oxygens (including phenoxy) is 1. The maximum atomic E-state index is 13.2. The van der Waals surface area contributed by atoms with Gasteiger partial charge in [-0.3, -0.25) is 19.5 Å². The van der Waals surface area contributed by atoms with Crippen molar-refractivity contribution in [3.05, 3.63) is 95.8 Å². The van der Waals surface area contributed by atoms with Gasteiger partial charge < -0.3 is 20.5 Å². The van der Waals surface area contributed by atoms with Gasteiger partial charge in [-0.05, 0) is 47.5 Å². The summed E-state index contributed by atoms with van der Waals surface area (Å²) in [5, 5.41) is 13.9. The lowest BCUT2D eigenvalue weighted by Gasteiger charge is -2.28. The number of aromatic nitrogens is 1. The van der Waals surface area contributed by atoms with Crippen molar-refractivity contribution in [2.45, 2.75) is 18.0 Å². The predicted octanol–water partition coefficient (Wildman–Crippen LogP) is 3.20. The lowest BCUT2D eigenvalue weighted by Crippen LogP contribution is -2.45. The number of anilines is 1. The monoisotopic (exact) mass is 506 g/mol. The third-order valence-electron chi connectivity index (χ3n) is 5.52. The van der Waals surface area contributed by atoms with Gasteiger partial charge in [0.2, 0.25) is 5.91 Å². The minimum Gasteiger partial charge on any atom is -0.444 e. The molecule has 4 rings (SSSR count). The normalized spacial score (nSPS) is 16.9. The van der Waals surface area contributed by atoms with E-state index in [1.54, 1.807) is 36.7 Å². The Morgan fingerprint density at radius 3 is 2.44 bits per heavy atom. The van der Waals surface area contributed by atoms with Gasteiger partial charge in [0.25, 0.3) is 5.91 Å². The molecule has 1 fully saturated rings. The Kier molecular flexibility index (Phi) is 8.53. The Labute approximate surface area is 212 Å². The number of carbonyl (C=O) groups excluding carboxylic acids is 3. The summed E-state index contributed by atoms with van der Waals surface area (Å²) in [4.78, 5) is 44.0. The van der Waals surface area contributed by atoms with Gasteiger partial charge in [-0.1, -0.05) is 30.3 Å². The van der Waals surface area contributed by atoms with Crippen LogP contribution in [0.15, 0.2) is 79.1 Å². The molecule has 3 aromatic rings. The Hall–Kier alpha value is -3.89. The van der Waals surface area contributed by atoms with Crippen molar-refractivity contribution < 1.29 is 24.2 Å². The van der Waals surface area contributed by atoms with E-state index in [0.717, 1.165) is 11.1 Å². The fourth-order valence-corrected chi connectivity index (χ4v) is 5.13. The molecule has 0 saturated carbocycles. The number of aliphatic hydroxyl groups excluding tert-OH is 1. The van der Waals surface area contributed by atoms with Gasteiger partial charge in [-0.15, -0.1) is 11.8 Å². The summed E-state index contributed by atoms with van der Waals surface area (Å²) in [5.41, 5.74) is 2.60. The smallest absolute Gasteiger partial charge is 0.412 e. The van der Waals surface area contributed by atoms with Crippen LogP contribution in [-0.4, -0.2) is 57.8 Å². The third-order valence-corrected chi connectivity index (χ3v) is 6.85. The molecule has 1 aromatic heterocycles. The summed E-state index contributed by atoms with van der Waals surface area (Å²) in [7, 11) is 0. The average molecular weight is 507 g/mol. The first kappa shape index (κ1) is 25.2. The highest BCUT2D eigenvalue weighted by Gasteiger charge is 2.43. The first-order valence-corrected chi connectivity index (χ1v) is 12.4. The molecule has 0 spiro atoms. The first-order chi connectivity index (χ1) is 17.6. The van der Waals surface area contributed by atoms with Gasteiger partial charge in [0.1, 0.15) is 18.0 Å². The molecule has 186 valence electrons. The Bertz CT molecular complexity index is 1180. The Morgan fingerprint density at radius 2 is 1.75 bits per heavy atom. The molecule has 2 atom stereocenters. The zero-order valence-corrected chi connectivity index (χ0v) is 20.2. The molecule has 1 unspecified atom stereocenters. The molecule has 9 nitrogen and oxygen atoms in total. The lowest BCUT2D eigenvalue weighted by molar-refractivity contribution is -0.120. The van der Waals surface area contributed by atoms with Gasteiger partial charge in [0, 0.05) is 35.9 Å². The number of benzene rings is 2. The van der Waals surface area contributed by atoms with Gasteiger partial charge in [0.05, 0.1) is 6.61 Å². The number of hydrogen-bond acceptors (Lipinski definition) is 7. The molecule has 1 saturated heterocycles. The fraction of sp³-hybridized carbons (Fsp3) is 0.231. The molecule has 0 aliphatic carbocycles. The number of rotatable bonds is 8. The van der Waals surface area contributed by atoms with Crippen molar-refractivity contribution in [2.24, 2.45) is 0 Å². The number of nitrogens with one attached hydrogen (secondary N) is 2. The van der Waals surface area contributed by atoms with Gasteiger partial charge >= 0.3 is 6.09 Å². The molecular formula is C26H26N4O5S. The number of carbonyl (C=O) groups is 3. The van der Waals surface area contributed by atoms with E-state index in [9.17, 15) is 14.4 Å². The maximum Gasteiger partial charge on any atom is 0.412 e. The van der Waals surface area contributed by atoms with Crippen LogP contribution in [-0.2, 0) is 16.1 Å². The second-order valence-electron chi connectivity index (χ2n) is 7.98. The number of pyridine rings is 1. The zero-order chi connectivity index (χ0) is 25.3. The minimum atomic E-state index is -0.760. The summed E-state index contributed by atoms with van der Waals surface area (Å²) in [6, 6.07) is 18.6. The van der Waals surface area contributed by atoms with Crippen LogP contribution in [0.2, 0.25) is 0 Å². The van der Waals surface area contributed by atoms with Crippen molar-refractivity contribution in [2.75, 3.05) is 24.2 Å². The maximum absolute atomic E-state index is 13.2. The molecular weight excluding hydrogens is 480 g/mol. The molecule has 3 N–H and O–H groups in total. The number of nitrogens with zero attached hydrogens (tertiary/aromatic N) is 2. The molecule has 36 heavy (non-hydrogen) atoms. The highest BCUT2D eigenvalue weighted by atomic mass is 32.2. The average Bonchev–Trinajstić information content (AvgIpc) is 3.37. The molecule has 10 heteroatoms. The second kappa shape index (κ2) is 12.2. The van der Waals surface area contributed by atoms with Gasteiger partial charge in [-0.25, -0.2) is 4.79 Å². The third kappa shape index (κ3) is 6.21. The number of thioether (sulfide) groups is 1. The zero-order valence-electron chi connectivity index (χ0n) is 19.4. The first-order valence-electron chi connectivity index (χ1n) is 11.4. The summed E-state index contributed by atoms with van der Waals surface area (Å²) in [5.74, 6) is -0.282. The van der Waals surface area contributed by atoms with Crippen molar-refractivity contribution in [3.8, 4) is 0 Å². The van der Waals surface area contributed by atoms with Crippen LogP contribution in [0, 0.1) is 0 Å². The topological polar surface area (TPSA) is 121 Å². The van der Waals surface area contributed by atoms with E-state index in [1.165, 1.54) is 16.7 Å². The molecule has 0 radical (unpaired) electrons. The molecule has 2 heterocycles. The van der Waals surface area contributed by atoms with E-state index < -0.39 is 17.5 Å². The number of amides is 3. The highest BCUT2D eigenvalue weighted by molar-refractivity contribution is 7.99. The summed E-state index contributed by atoms with van der Waals surface area (Å²) >= 11 is 1.48. The lowest BCUT2D eigenvalue weighted by atomic mass is 10.1. The van der Waals surface area contributed by atoms with E-state index in [2.05, 4.69) is 15.6 Å². The Morgan fingerprint density at radius 1 is 1.03 bits per heavy atom. The molecule has 3 amide bonds. The van der Waals surface area contributed by atoms with Crippen molar-refractivity contribution in [1.82, 2.24) is 15.2 Å². The quantitative estimate of drug-likeness (QED) is 0.429. The SMILES string of the molecule is O=C(NCCO)c1ccc(NC(=O)[C@@H]2CSC(c3ccncc3)N2C(=O)OCc2ccccc2)cc1. The van der Waals surface area contributed by atoms with Crippen molar-refractivity contribution in [1.29, 1.82) is 0 Å². The molecule has 1 aliphatic rings. The van der Waals surface area contributed by atoms with Crippen LogP contribution in [0.5, 0.6) is 0 Å². The predicted molar refractivity (Wildman–Crippen MR) is 136 cm³/mol. The van der Waals surface area contributed by atoms with Crippen LogP contribution in [0.3, 0.4) is 0 Å². The largest absolute Gasteiger partial charge is 0.444 e. The van der Waals surface area contributed by atoms with Crippen molar-refractivity contribution >= 4 is 35.4 Å². The van der Waals surface area contributed by atoms with E-state index in [1.807, 2.05) is 42.5 Å². The summed E-state index contributed by atoms with van der Waals surface area (Å²) < 4.78 is 5.58. The van der Waals surface area contributed by atoms with Gasteiger partial charge in [0.15, 0.2) is 0 Å². The molecule has 2 aromatic carbocycles. The van der Waals surface area contributed by atoms with E-state index in [0.29, 0.717) is 17.0 Å². The van der Waals surface area contributed by atoms with Crippen molar-refractivity contribution in [3.63, 3.8) is 0 Å². The minimum absolute atomic E-state index is 0.0953. The van der Waals surface area contributed by atoms with Gasteiger partial charge in [-0.2, -0.15) is 0 Å². The highest BCUT2D eigenvalue weighted by Crippen LogP contribution is 2.42. The van der Waals surface area contributed by atoms with Crippen LogP contribution < -0.4 is 10.6 Å². The summed E-state index contributed by atoms with van der Waals surface area (Å²) in [6.45, 7) is 0.105. The summed E-state index contributed by atoms with van der Waals surface area (Å²) in [6.07, 6.45) is 2.71. The molecule has 0 bridgehead atoms. The van der Waals surface area contributed by atoms with Crippen LogP contribution in [0.1, 0.15) is 26.9 Å². The molecule has 1 aliphatic heterocycles. The van der Waals surface area contributed by atoms with E-state index in [4.69, 9.17) is 9.84 Å². The standard InChI is InChI=1S/C26H26N4O5S/c31-15-14-28-23(32)19-6-8-21(9-7-19)29-24(33)22-17-36-25(20-10-12-27-13-11-20)30(22)26(34)35-16-18-4-2-1-3-5-18/h1-13,22,25,31H,14-17H2,(H,28,32)(H,29,33)/t22-,25?/m0/s1. The Balaban J connectivity index is 1.47. The van der Waals surface area contributed by atoms with E-state index in [-0.39, 0.29) is 31.6 Å².